The van der Waals surface area contributed by atoms with Crippen LogP contribution in [-0.4, -0.2) is 39.1 Å². The number of hydrogen-bond donors (Lipinski definition) is 1. The Balaban J connectivity index is 1.88. The lowest BCUT2D eigenvalue weighted by Crippen LogP contribution is -2.27. The van der Waals surface area contributed by atoms with Crippen molar-refractivity contribution in [2.45, 2.75) is 25.3 Å². The minimum Gasteiger partial charge on any atom is -0.396 e. The molecule has 90 valence electrons. The van der Waals surface area contributed by atoms with E-state index in [9.17, 15) is 0 Å². The summed E-state index contributed by atoms with van der Waals surface area (Å²) in [7, 11) is 2.17. The van der Waals surface area contributed by atoms with Gasteiger partial charge in [0.15, 0.2) is 11.5 Å². The first-order valence-electron chi connectivity index (χ1n) is 6.04. The third kappa shape index (κ3) is 1.86. The minimum atomic E-state index is 0.577. The van der Waals surface area contributed by atoms with E-state index in [1.54, 1.807) is 4.52 Å². The molecule has 1 aliphatic rings. The van der Waals surface area contributed by atoms with E-state index in [2.05, 4.69) is 22.0 Å². The van der Waals surface area contributed by atoms with E-state index in [1.165, 1.54) is 19.4 Å². The lowest BCUT2D eigenvalue weighted by Gasteiger charge is -2.17. The van der Waals surface area contributed by atoms with Gasteiger partial charge < -0.3 is 10.6 Å². The third-order valence-corrected chi connectivity index (χ3v) is 3.53. The van der Waals surface area contributed by atoms with E-state index < -0.39 is 0 Å². The average molecular weight is 231 g/mol. The molecular weight excluding hydrogens is 214 g/mol. The van der Waals surface area contributed by atoms with Gasteiger partial charge in [-0.15, -0.1) is 0 Å². The molecule has 0 saturated carbocycles. The Hall–Kier alpha value is -1.62. The highest BCUT2D eigenvalue weighted by Crippen LogP contribution is 2.19. The molecular formula is C12H17N5. The number of likely N-dealkylation sites (N-methyl/N-ethyl adjacent to an activating group) is 1. The Morgan fingerprint density at radius 2 is 2.41 bits per heavy atom. The van der Waals surface area contributed by atoms with Crippen LogP contribution in [0, 0.1) is 0 Å². The summed E-state index contributed by atoms with van der Waals surface area (Å²) in [6, 6.07) is 4.33. The zero-order chi connectivity index (χ0) is 11.8. The lowest BCUT2D eigenvalue weighted by atomic mass is 10.1. The monoisotopic (exact) mass is 231 g/mol. The molecule has 0 spiro atoms. The fourth-order valence-corrected chi connectivity index (χ4v) is 2.51. The summed E-state index contributed by atoms with van der Waals surface area (Å²) in [5.41, 5.74) is 7.32. The number of pyridine rings is 1. The molecule has 17 heavy (non-hydrogen) atoms. The molecule has 3 heterocycles. The summed E-state index contributed by atoms with van der Waals surface area (Å²) in [5, 5.41) is 4.47. The van der Waals surface area contributed by atoms with Crippen LogP contribution < -0.4 is 5.73 Å². The first-order valence-corrected chi connectivity index (χ1v) is 6.04. The van der Waals surface area contributed by atoms with E-state index in [0.717, 1.165) is 17.9 Å². The Labute approximate surface area is 100 Å². The summed E-state index contributed by atoms with van der Waals surface area (Å²) in [5.74, 6) is 0.890. The van der Waals surface area contributed by atoms with E-state index >= 15 is 0 Å². The zero-order valence-corrected chi connectivity index (χ0v) is 10.0. The van der Waals surface area contributed by atoms with Gasteiger partial charge in [-0.3, -0.25) is 0 Å². The van der Waals surface area contributed by atoms with Crippen LogP contribution in [0.15, 0.2) is 18.3 Å². The normalized spacial score (nSPS) is 21.4. The van der Waals surface area contributed by atoms with Crippen molar-refractivity contribution in [3.63, 3.8) is 0 Å². The van der Waals surface area contributed by atoms with Crippen LogP contribution in [0.1, 0.15) is 18.7 Å². The number of fused-ring (bicyclic) bond motifs is 1. The van der Waals surface area contributed by atoms with Crippen LogP contribution in [0.5, 0.6) is 0 Å². The van der Waals surface area contributed by atoms with Crippen LogP contribution in [0.4, 0.5) is 5.69 Å². The predicted octanol–water partition coefficient (Wildman–Crippen LogP) is 0.948. The van der Waals surface area contributed by atoms with Crippen molar-refractivity contribution in [1.82, 2.24) is 19.5 Å². The van der Waals surface area contributed by atoms with Crippen LogP contribution >= 0.6 is 0 Å². The third-order valence-electron chi connectivity index (χ3n) is 3.53. The van der Waals surface area contributed by atoms with Crippen LogP contribution in [0.3, 0.4) is 0 Å². The van der Waals surface area contributed by atoms with Crippen LogP contribution in [0.25, 0.3) is 5.65 Å². The number of anilines is 1. The number of rotatable bonds is 2. The fraction of sp³-hybridized carbons (Fsp3) is 0.500. The quantitative estimate of drug-likeness (QED) is 0.836. The van der Waals surface area contributed by atoms with Crippen molar-refractivity contribution in [3.05, 3.63) is 24.2 Å². The second kappa shape index (κ2) is 4.00. The summed E-state index contributed by atoms with van der Waals surface area (Å²) in [6.07, 6.45) is 5.32. The largest absolute Gasteiger partial charge is 0.396 e. The van der Waals surface area contributed by atoms with E-state index in [-0.39, 0.29) is 0 Å². The van der Waals surface area contributed by atoms with Crippen LogP contribution in [-0.2, 0) is 6.42 Å². The molecule has 2 aromatic rings. The minimum absolute atomic E-state index is 0.577. The molecule has 1 atom stereocenters. The van der Waals surface area contributed by atoms with Gasteiger partial charge in [-0.05, 0) is 38.6 Å². The van der Waals surface area contributed by atoms with Gasteiger partial charge in [0.2, 0.25) is 0 Å². The second-order valence-corrected chi connectivity index (χ2v) is 4.74. The molecule has 1 unspecified atom stereocenters. The lowest BCUT2D eigenvalue weighted by molar-refractivity contribution is 0.306. The molecule has 1 fully saturated rings. The standard InChI is InChI=1S/C12H17N5/c1-16-6-2-4-9(16)8-11-14-12-10(13)5-3-7-17(12)15-11/h3,5,7,9H,2,4,6,8,13H2,1H3. The molecule has 0 aromatic carbocycles. The highest BCUT2D eigenvalue weighted by Gasteiger charge is 2.22. The Kier molecular flexibility index (Phi) is 2.48. The topological polar surface area (TPSA) is 59.5 Å². The van der Waals surface area contributed by atoms with Crippen molar-refractivity contribution >= 4 is 11.3 Å². The van der Waals surface area contributed by atoms with Gasteiger partial charge in [-0.1, -0.05) is 0 Å². The zero-order valence-electron chi connectivity index (χ0n) is 10.0. The van der Waals surface area contributed by atoms with Gasteiger partial charge >= 0.3 is 0 Å². The van der Waals surface area contributed by atoms with Gasteiger partial charge in [-0.25, -0.2) is 9.50 Å². The summed E-state index contributed by atoms with van der Waals surface area (Å²) in [4.78, 5) is 6.89. The van der Waals surface area contributed by atoms with Gasteiger partial charge in [0, 0.05) is 18.7 Å². The Morgan fingerprint density at radius 3 is 3.12 bits per heavy atom. The van der Waals surface area contributed by atoms with Crippen molar-refractivity contribution in [2.75, 3.05) is 19.3 Å². The van der Waals surface area contributed by atoms with Gasteiger partial charge in [0.1, 0.15) is 0 Å². The van der Waals surface area contributed by atoms with Gasteiger partial charge in [0.25, 0.3) is 0 Å². The molecule has 0 bridgehead atoms. The first kappa shape index (κ1) is 10.5. The Bertz CT molecular complexity index is 533. The maximum Gasteiger partial charge on any atom is 0.178 e. The van der Waals surface area contributed by atoms with Crippen molar-refractivity contribution in [3.8, 4) is 0 Å². The van der Waals surface area contributed by atoms with Crippen LogP contribution in [0.2, 0.25) is 0 Å². The van der Waals surface area contributed by atoms with Gasteiger partial charge in [0.05, 0.1) is 5.69 Å². The van der Waals surface area contributed by atoms with E-state index in [4.69, 9.17) is 5.73 Å². The maximum absolute atomic E-state index is 5.87. The van der Waals surface area contributed by atoms with E-state index in [0.29, 0.717) is 11.7 Å². The molecule has 1 aliphatic heterocycles. The number of nitrogens with zero attached hydrogens (tertiary/aromatic N) is 4. The number of nitrogens with two attached hydrogens (primary N) is 1. The predicted molar refractivity (Wildman–Crippen MR) is 66.8 cm³/mol. The number of nitrogen functional groups attached to an aromatic ring is 1. The highest BCUT2D eigenvalue weighted by atomic mass is 15.3. The van der Waals surface area contributed by atoms with Crippen molar-refractivity contribution in [2.24, 2.45) is 0 Å². The molecule has 0 radical (unpaired) electrons. The summed E-state index contributed by atoms with van der Waals surface area (Å²) < 4.78 is 1.76. The first-order chi connectivity index (χ1) is 8.24. The molecule has 0 aliphatic carbocycles. The Morgan fingerprint density at radius 1 is 1.53 bits per heavy atom. The van der Waals surface area contributed by atoms with E-state index in [1.807, 2.05) is 18.3 Å². The average Bonchev–Trinajstić information content (AvgIpc) is 2.87. The molecule has 5 nitrogen and oxygen atoms in total. The molecule has 2 N–H and O–H groups in total. The molecule has 1 saturated heterocycles. The summed E-state index contributed by atoms with van der Waals surface area (Å²) in [6.45, 7) is 1.18. The molecule has 3 rings (SSSR count). The fourth-order valence-electron chi connectivity index (χ4n) is 2.51. The number of likely N-dealkylation sites (tertiary alicyclic amines) is 1. The highest BCUT2D eigenvalue weighted by molar-refractivity contribution is 5.63. The SMILES string of the molecule is CN1CCCC1Cc1nc2c(N)cccn2n1. The second-order valence-electron chi connectivity index (χ2n) is 4.74. The van der Waals surface area contributed by atoms with Crippen molar-refractivity contribution < 1.29 is 0 Å². The molecule has 5 heteroatoms. The van der Waals surface area contributed by atoms with Crippen molar-refractivity contribution in [1.29, 1.82) is 0 Å². The summed E-state index contributed by atoms with van der Waals surface area (Å²) >= 11 is 0. The number of aromatic nitrogens is 3. The maximum atomic E-state index is 5.87. The smallest absolute Gasteiger partial charge is 0.178 e. The molecule has 0 amide bonds. The van der Waals surface area contributed by atoms with Gasteiger partial charge in [-0.2, -0.15) is 5.10 Å². The molecule has 2 aromatic heterocycles. The number of hydrogen-bond acceptors (Lipinski definition) is 4.